The summed E-state index contributed by atoms with van der Waals surface area (Å²) >= 11 is 0. The smallest absolute Gasteiger partial charge is 0.341 e. The third kappa shape index (κ3) is 5.55. The molecule has 32 heavy (non-hydrogen) atoms. The van der Waals surface area contributed by atoms with E-state index in [-0.39, 0.29) is 24.5 Å². The molecule has 2 N–H and O–H groups in total. The number of carbonyl (C=O) groups is 2. The molecule has 0 atom stereocenters. The van der Waals surface area contributed by atoms with E-state index in [1.165, 1.54) is 31.3 Å². The lowest BCUT2D eigenvalue weighted by atomic mass is 10.2. The average molecular weight is 436 g/mol. The first-order valence-corrected chi connectivity index (χ1v) is 9.84. The summed E-state index contributed by atoms with van der Waals surface area (Å²) in [5.74, 6) is 1.05. The van der Waals surface area contributed by atoms with Crippen LogP contribution in [0.3, 0.4) is 0 Å². The molecule has 0 aliphatic rings. The maximum absolute atomic E-state index is 12.9. The Morgan fingerprint density at radius 2 is 1.62 bits per heavy atom. The zero-order valence-electron chi connectivity index (χ0n) is 17.8. The highest BCUT2D eigenvalue weighted by Crippen LogP contribution is 2.27. The summed E-state index contributed by atoms with van der Waals surface area (Å²) in [5, 5.41) is 12.2. The van der Waals surface area contributed by atoms with Crippen LogP contribution in [0.1, 0.15) is 10.4 Å². The van der Waals surface area contributed by atoms with Gasteiger partial charge in [0.25, 0.3) is 0 Å². The summed E-state index contributed by atoms with van der Waals surface area (Å²) in [6, 6.07) is 20.4. The number of carbonyl (C=O) groups excluding carboxylic acids is 2. The summed E-state index contributed by atoms with van der Waals surface area (Å²) in [5.41, 5.74) is 1.25. The Morgan fingerprint density at radius 3 is 2.25 bits per heavy atom. The molecule has 0 saturated heterocycles. The first kappa shape index (κ1) is 22.6. The summed E-state index contributed by atoms with van der Waals surface area (Å²) in [6.07, 6.45) is 0. The normalized spacial score (nSPS) is 10.2. The second-order valence-electron chi connectivity index (χ2n) is 6.62. The highest BCUT2D eigenvalue weighted by Gasteiger charge is 2.18. The largest absolute Gasteiger partial charge is 0.496 e. The van der Waals surface area contributed by atoms with Crippen LogP contribution in [0.5, 0.6) is 17.2 Å². The molecule has 0 fully saturated rings. The quantitative estimate of drug-likeness (QED) is 0.511. The molecule has 3 rings (SSSR count). The van der Waals surface area contributed by atoms with Crippen molar-refractivity contribution in [2.45, 2.75) is 0 Å². The summed E-state index contributed by atoms with van der Waals surface area (Å²) in [7, 11) is 2.70. The Hall–Kier alpha value is -4.04. The predicted molar refractivity (Wildman–Crippen MR) is 121 cm³/mol. The molecule has 2 amide bonds. The van der Waals surface area contributed by atoms with E-state index in [0.717, 1.165) is 0 Å². The second kappa shape index (κ2) is 10.8. The number of rotatable bonds is 8. The Labute approximate surface area is 186 Å². The number of amides is 2. The van der Waals surface area contributed by atoms with E-state index >= 15 is 0 Å². The molecule has 0 spiro atoms. The Morgan fingerprint density at radius 1 is 0.938 bits per heavy atom. The molecule has 0 saturated carbocycles. The number of aliphatic hydroxyl groups excluding tert-OH is 1. The van der Waals surface area contributed by atoms with Gasteiger partial charge in [-0.25, -0.2) is 9.59 Å². The van der Waals surface area contributed by atoms with Crippen LogP contribution in [-0.2, 0) is 4.74 Å². The molecule has 0 radical (unpaired) electrons. The van der Waals surface area contributed by atoms with Crippen LogP contribution in [0.2, 0.25) is 0 Å². The van der Waals surface area contributed by atoms with Crippen LogP contribution in [0.15, 0.2) is 72.8 Å². The van der Waals surface area contributed by atoms with Gasteiger partial charge in [0.1, 0.15) is 22.8 Å². The number of hydrogen-bond acceptors (Lipinski definition) is 6. The first-order chi connectivity index (χ1) is 15.5. The number of nitrogens with zero attached hydrogens (tertiary/aromatic N) is 1. The number of aliphatic hydroxyl groups is 1. The fraction of sp³-hybridized carbons (Fsp3) is 0.167. The van der Waals surface area contributed by atoms with Gasteiger partial charge < -0.3 is 24.6 Å². The number of anilines is 2. The number of urea groups is 1. The predicted octanol–water partition coefficient (Wildman–Crippen LogP) is 4.30. The number of benzene rings is 3. The molecular formula is C24H24N2O6. The van der Waals surface area contributed by atoms with Gasteiger partial charge in [-0.15, -0.1) is 0 Å². The average Bonchev–Trinajstić information content (AvgIpc) is 2.83. The van der Waals surface area contributed by atoms with E-state index in [1.807, 2.05) is 30.3 Å². The fourth-order valence-corrected chi connectivity index (χ4v) is 3.01. The number of para-hydroxylation sites is 1. The Bertz CT molecular complexity index is 1050. The third-order valence-electron chi connectivity index (χ3n) is 4.55. The summed E-state index contributed by atoms with van der Waals surface area (Å²) in [4.78, 5) is 26.1. The van der Waals surface area contributed by atoms with Gasteiger partial charge in [-0.05, 0) is 48.5 Å². The molecule has 8 nitrogen and oxygen atoms in total. The lowest BCUT2D eigenvalue weighted by molar-refractivity contribution is 0.0597. The van der Waals surface area contributed by atoms with Crippen LogP contribution >= 0.6 is 0 Å². The molecule has 0 heterocycles. The van der Waals surface area contributed by atoms with E-state index in [2.05, 4.69) is 5.32 Å². The highest BCUT2D eigenvalue weighted by atomic mass is 16.5. The zero-order chi connectivity index (χ0) is 22.9. The van der Waals surface area contributed by atoms with Crippen LogP contribution in [0.4, 0.5) is 16.2 Å². The van der Waals surface area contributed by atoms with E-state index in [0.29, 0.717) is 22.9 Å². The SMILES string of the molecule is COC(=O)c1ccc(NC(=O)N(CCO)c2ccc(Oc3ccccc3)cc2)cc1OC. The topological polar surface area (TPSA) is 97.3 Å². The number of hydrogen-bond donors (Lipinski definition) is 2. The standard InChI is InChI=1S/C24H24N2O6/c1-30-22-16-17(8-13-21(22)23(28)31-2)25-24(29)26(14-15-27)18-9-11-20(12-10-18)32-19-6-4-3-5-7-19/h3-13,16,27H,14-15H2,1-2H3,(H,25,29). The fourth-order valence-electron chi connectivity index (χ4n) is 3.01. The van der Waals surface area contributed by atoms with Crippen molar-refractivity contribution in [3.8, 4) is 17.2 Å². The number of methoxy groups -OCH3 is 2. The monoisotopic (exact) mass is 436 g/mol. The van der Waals surface area contributed by atoms with Gasteiger partial charge in [0.2, 0.25) is 0 Å². The molecule has 8 heteroatoms. The number of esters is 1. The number of nitrogens with one attached hydrogen (secondary N) is 1. The van der Waals surface area contributed by atoms with E-state index in [1.54, 1.807) is 30.3 Å². The Kier molecular flexibility index (Phi) is 7.66. The molecule has 0 unspecified atom stereocenters. The molecule has 0 bridgehead atoms. The minimum absolute atomic E-state index is 0.0854. The van der Waals surface area contributed by atoms with Crippen molar-refractivity contribution in [3.05, 3.63) is 78.4 Å². The molecule has 166 valence electrons. The van der Waals surface area contributed by atoms with Gasteiger partial charge in [-0.2, -0.15) is 0 Å². The lowest BCUT2D eigenvalue weighted by Gasteiger charge is -2.23. The van der Waals surface area contributed by atoms with Crippen LogP contribution < -0.4 is 19.7 Å². The molecular weight excluding hydrogens is 412 g/mol. The van der Waals surface area contributed by atoms with Gasteiger partial charge in [0.15, 0.2) is 0 Å². The van der Waals surface area contributed by atoms with Crippen molar-refractivity contribution in [1.29, 1.82) is 0 Å². The van der Waals surface area contributed by atoms with E-state index in [4.69, 9.17) is 14.2 Å². The van der Waals surface area contributed by atoms with Crippen molar-refractivity contribution in [1.82, 2.24) is 0 Å². The van der Waals surface area contributed by atoms with Crippen molar-refractivity contribution >= 4 is 23.4 Å². The van der Waals surface area contributed by atoms with Crippen LogP contribution in [-0.4, -0.2) is 44.5 Å². The highest BCUT2D eigenvalue weighted by molar-refractivity contribution is 6.02. The van der Waals surface area contributed by atoms with Crippen molar-refractivity contribution in [2.75, 3.05) is 37.6 Å². The first-order valence-electron chi connectivity index (χ1n) is 9.84. The molecule has 3 aromatic rings. The number of ether oxygens (including phenoxy) is 3. The second-order valence-corrected chi connectivity index (χ2v) is 6.62. The summed E-state index contributed by atoms with van der Waals surface area (Å²) < 4.78 is 15.7. The van der Waals surface area contributed by atoms with E-state index in [9.17, 15) is 14.7 Å². The summed E-state index contributed by atoms with van der Waals surface area (Å²) in [6.45, 7) is -0.137. The lowest BCUT2D eigenvalue weighted by Crippen LogP contribution is -2.37. The van der Waals surface area contributed by atoms with Gasteiger partial charge in [-0.3, -0.25) is 4.90 Å². The van der Waals surface area contributed by atoms with Gasteiger partial charge >= 0.3 is 12.0 Å². The minimum atomic E-state index is -0.542. The van der Waals surface area contributed by atoms with Crippen molar-refractivity contribution in [2.24, 2.45) is 0 Å². The van der Waals surface area contributed by atoms with Crippen molar-refractivity contribution in [3.63, 3.8) is 0 Å². The van der Waals surface area contributed by atoms with Crippen molar-refractivity contribution < 1.29 is 28.9 Å². The molecule has 0 aromatic heterocycles. The zero-order valence-corrected chi connectivity index (χ0v) is 17.8. The molecule has 3 aromatic carbocycles. The third-order valence-corrected chi connectivity index (χ3v) is 4.55. The van der Waals surface area contributed by atoms with Gasteiger partial charge in [-0.1, -0.05) is 18.2 Å². The van der Waals surface area contributed by atoms with E-state index < -0.39 is 12.0 Å². The van der Waals surface area contributed by atoms with Gasteiger partial charge in [0, 0.05) is 17.4 Å². The maximum Gasteiger partial charge on any atom is 0.341 e. The van der Waals surface area contributed by atoms with Crippen LogP contribution in [0, 0.1) is 0 Å². The molecule has 0 aliphatic heterocycles. The minimum Gasteiger partial charge on any atom is -0.496 e. The maximum atomic E-state index is 12.9. The molecule has 0 aliphatic carbocycles. The van der Waals surface area contributed by atoms with Gasteiger partial charge in [0.05, 0.1) is 27.4 Å². The Balaban J connectivity index is 1.75. The van der Waals surface area contributed by atoms with Crippen LogP contribution in [0.25, 0.3) is 0 Å².